The lowest BCUT2D eigenvalue weighted by Gasteiger charge is -2.11. The Morgan fingerprint density at radius 1 is 0.971 bits per heavy atom. The first kappa shape index (κ1) is 22.4. The molecule has 0 aliphatic carbocycles. The van der Waals surface area contributed by atoms with Gasteiger partial charge < -0.3 is 21.1 Å². The number of aromatic nitrogens is 3. The fourth-order valence-electron chi connectivity index (χ4n) is 3.22. The number of pyridine rings is 1. The molecule has 0 bridgehead atoms. The molecule has 0 spiro atoms. The first-order valence-electron chi connectivity index (χ1n) is 10.4. The van der Waals surface area contributed by atoms with Gasteiger partial charge >= 0.3 is 0 Å². The van der Waals surface area contributed by atoms with E-state index in [0.29, 0.717) is 34.5 Å². The van der Waals surface area contributed by atoms with E-state index in [9.17, 15) is 9.59 Å². The van der Waals surface area contributed by atoms with Gasteiger partial charge in [-0.2, -0.15) is 0 Å². The Balaban J connectivity index is 1.43. The summed E-state index contributed by atoms with van der Waals surface area (Å²) in [6.45, 7) is 0. The molecular formula is C25H22N6O3. The van der Waals surface area contributed by atoms with E-state index in [1.807, 2.05) is 12.1 Å². The molecule has 2 aromatic carbocycles. The van der Waals surface area contributed by atoms with Crippen molar-refractivity contribution >= 4 is 23.5 Å². The lowest BCUT2D eigenvalue weighted by atomic mass is 10.1. The van der Waals surface area contributed by atoms with Gasteiger partial charge in [-0.05, 0) is 54.1 Å². The van der Waals surface area contributed by atoms with Crippen molar-refractivity contribution in [3.8, 4) is 22.9 Å². The third kappa shape index (κ3) is 5.52. The van der Waals surface area contributed by atoms with Crippen LogP contribution >= 0.6 is 0 Å². The quantitative estimate of drug-likeness (QED) is 0.370. The van der Waals surface area contributed by atoms with Crippen molar-refractivity contribution in [3.63, 3.8) is 0 Å². The Hall–Kier alpha value is -4.79. The maximum atomic E-state index is 12.4. The predicted octanol–water partition coefficient (Wildman–Crippen LogP) is 3.65. The minimum Gasteiger partial charge on any atom is -0.438 e. The number of ether oxygens (including phenoxy) is 1. The van der Waals surface area contributed by atoms with Crippen LogP contribution < -0.4 is 21.1 Å². The van der Waals surface area contributed by atoms with Crippen molar-refractivity contribution in [3.05, 3.63) is 90.3 Å². The molecule has 2 aromatic heterocycles. The van der Waals surface area contributed by atoms with Gasteiger partial charge in [0.15, 0.2) is 0 Å². The third-order valence-corrected chi connectivity index (χ3v) is 4.86. The molecule has 34 heavy (non-hydrogen) atoms. The maximum absolute atomic E-state index is 12.4. The van der Waals surface area contributed by atoms with Crippen LogP contribution in [0.15, 0.2) is 79.1 Å². The van der Waals surface area contributed by atoms with Crippen molar-refractivity contribution in [1.29, 1.82) is 0 Å². The molecule has 0 unspecified atom stereocenters. The zero-order valence-electron chi connectivity index (χ0n) is 18.4. The fourth-order valence-corrected chi connectivity index (χ4v) is 3.22. The van der Waals surface area contributed by atoms with E-state index < -0.39 is 5.91 Å². The number of hydrogen-bond acceptors (Lipinski definition) is 7. The Morgan fingerprint density at radius 3 is 2.56 bits per heavy atom. The van der Waals surface area contributed by atoms with E-state index >= 15 is 0 Å². The van der Waals surface area contributed by atoms with Gasteiger partial charge in [0, 0.05) is 30.7 Å². The fraction of sp³-hybridized carbons (Fsp3) is 0.0800. The topological polar surface area (TPSA) is 132 Å². The molecule has 2 amide bonds. The highest BCUT2D eigenvalue weighted by Crippen LogP contribution is 2.30. The van der Waals surface area contributed by atoms with Gasteiger partial charge in [-0.1, -0.05) is 18.2 Å². The summed E-state index contributed by atoms with van der Waals surface area (Å²) in [5.74, 6) is 0.705. The molecule has 4 aromatic rings. The first-order valence-corrected chi connectivity index (χ1v) is 10.4. The number of benzene rings is 2. The number of hydrogen-bond donors (Lipinski definition) is 3. The summed E-state index contributed by atoms with van der Waals surface area (Å²) in [6, 6.07) is 19.1. The van der Waals surface area contributed by atoms with Crippen LogP contribution in [0.5, 0.6) is 11.6 Å². The van der Waals surface area contributed by atoms with Crippen molar-refractivity contribution < 1.29 is 14.3 Å². The summed E-state index contributed by atoms with van der Waals surface area (Å²) >= 11 is 0. The molecule has 2 heterocycles. The number of amides is 2. The van der Waals surface area contributed by atoms with Crippen LogP contribution in [-0.4, -0.2) is 33.8 Å². The zero-order chi connectivity index (χ0) is 23.9. The van der Waals surface area contributed by atoms with E-state index in [4.69, 9.17) is 10.5 Å². The molecule has 9 nitrogen and oxygen atoms in total. The molecule has 0 aliphatic rings. The highest BCUT2D eigenvalue weighted by Gasteiger charge is 2.12. The molecule has 170 valence electrons. The molecule has 0 atom stereocenters. The summed E-state index contributed by atoms with van der Waals surface area (Å²) in [5.41, 5.74) is 8.32. The van der Waals surface area contributed by atoms with Crippen LogP contribution in [0.25, 0.3) is 11.3 Å². The van der Waals surface area contributed by atoms with Crippen molar-refractivity contribution in [1.82, 2.24) is 15.0 Å². The van der Waals surface area contributed by atoms with Gasteiger partial charge in [-0.15, -0.1) is 0 Å². The number of primary amides is 1. The van der Waals surface area contributed by atoms with Gasteiger partial charge in [-0.25, -0.2) is 15.0 Å². The average molecular weight is 454 g/mol. The minimum absolute atomic E-state index is 0.156. The highest BCUT2D eigenvalue weighted by molar-refractivity contribution is 5.96. The number of nitrogens with zero attached hydrogens (tertiary/aromatic N) is 3. The molecular weight excluding hydrogens is 432 g/mol. The molecule has 4 N–H and O–H groups in total. The van der Waals surface area contributed by atoms with Crippen LogP contribution in [0.3, 0.4) is 0 Å². The van der Waals surface area contributed by atoms with Crippen LogP contribution in [0, 0.1) is 0 Å². The standard InChI is InChI=1S/C25H22N6O3/c1-27-25-29-13-11-21(31-25)20-6-3-12-28-24(20)34-19-9-7-16(8-10-19)14-22(32)30-18-5-2-4-17(15-18)23(26)33/h2-13,15H,14H2,1H3,(H2,26,33)(H,30,32)(H,27,29,31). The van der Waals surface area contributed by atoms with Crippen LogP contribution in [0.1, 0.15) is 15.9 Å². The summed E-state index contributed by atoms with van der Waals surface area (Å²) in [5, 5.41) is 5.68. The number of anilines is 2. The smallest absolute Gasteiger partial charge is 0.248 e. The van der Waals surface area contributed by atoms with E-state index in [-0.39, 0.29) is 12.3 Å². The number of carbonyl (C=O) groups excluding carboxylic acids is 2. The van der Waals surface area contributed by atoms with Crippen molar-refractivity contribution in [2.24, 2.45) is 5.73 Å². The molecule has 0 saturated heterocycles. The Bertz CT molecular complexity index is 1320. The van der Waals surface area contributed by atoms with Crippen molar-refractivity contribution in [2.75, 3.05) is 17.7 Å². The highest BCUT2D eigenvalue weighted by atomic mass is 16.5. The maximum Gasteiger partial charge on any atom is 0.248 e. The summed E-state index contributed by atoms with van der Waals surface area (Å²) in [4.78, 5) is 36.6. The average Bonchev–Trinajstić information content (AvgIpc) is 2.85. The van der Waals surface area contributed by atoms with Gasteiger partial charge in [0.2, 0.25) is 23.6 Å². The SMILES string of the molecule is CNc1nccc(-c2cccnc2Oc2ccc(CC(=O)Nc3cccc(C(N)=O)c3)cc2)n1. The normalized spacial score (nSPS) is 10.4. The number of nitrogens with two attached hydrogens (primary N) is 1. The number of rotatable bonds is 8. The van der Waals surface area contributed by atoms with E-state index in [1.54, 1.807) is 74.0 Å². The Kier molecular flexibility index (Phi) is 6.73. The lowest BCUT2D eigenvalue weighted by Crippen LogP contribution is -2.16. The van der Waals surface area contributed by atoms with E-state index in [2.05, 4.69) is 25.6 Å². The van der Waals surface area contributed by atoms with Gasteiger partial charge in [0.05, 0.1) is 17.7 Å². The summed E-state index contributed by atoms with van der Waals surface area (Å²) in [7, 11) is 1.75. The third-order valence-electron chi connectivity index (χ3n) is 4.86. The lowest BCUT2D eigenvalue weighted by molar-refractivity contribution is -0.115. The predicted molar refractivity (Wildman–Crippen MR) is 129 cm³/mol. The first-order chi connectivity index (χ1) is 16.5. The second-order valence-corrected chi connectivity index (χ2v) is 7.29. The van der Waals surface area contributed by atoms with E-state index in [1.165, 1.54) is 0 Å². The van der Waals surface area contributed by atoms with Crippen LogP contribution in [0.2, 0.25) is 0 Å². The Labute approximate surface area is 196 Å². The Morgan fingerprint density at radius 2 is 1.79 bits per heavy atom. The molecule has 4 rings (SSSR count). The van der Waals surface area contributed by atoms with Gasteiger partial charge in [0.25, 0.3) is 0 Å². The second-order valence-electron chi connectivity index (χ2n) is 7.29. The number of nitrogens with one attached hydrogen (secondary N) is 2. The zero-order valence-corrected chi connectivity index (χ0v) is 18.4. The van der Waals surface area contributed by atoms with Crippen molar-refractivity contribution in [2.45, 2.75) is 6.42 Å². The number of carbonyl (C=O) groups is 2. The molecule has 9 heteroatoms. The summed E-state index contributed by atoms with van der Waals surface area (Å²) < 4.78 is 5.99. The van der Waals surface area contributed by atoms with Gasteiger partial charge in [0.1, 0.15) is 5.75 Å². The molecule has 0 saturated carbocycles. The minimum atomic E-state index is -0.551. The molecule has 0 radical (unpaired) electrons. The van der Waals surface area contributed by atoms with Crippen LogP contribution in [-0.2, 0) is 11.2 Å². The second kappa shape index (κ2) is 10.2. The van der Waals surface area contributed by atoms with E-state index in [0.717, 1.165) is 11.1 Å². The largest absolute Gasteiger partial charge is 0.438 e. The van der Waals surface area contributed by atoms with Gasteiger partial charge in [-0.3, -0.25) is 9.59 Å². The molecule has 0 aliphatic heterocycles. The monoisotopic (exact) mass is 454 g/mol. The van der Waals surface area contributed by atoms with Crippen LogP contribution in [0.4, 0.5) is 11.6 Å². The molecule has 0 fully saturated rings. The summed E-state index contributed by atoms with van der Waals surface area (Å²) in [6.07, 6.45) is 3.46.